The summed E-state index contributed by atoms with van der Waals surface area (Å²) in [6.07, 6.45) is 0. The van der Waals surface area contributed by atoms with Crippen molar-refractivity contribution in [3.05, 3.63) is 77.9 Å². The highest BCUT2D eigenvalue weighted by Gasteiger charge is 2.18. The van der Waals surface area contributed by atoms with Gasteiger partial charge in [0, 0.05) is 0 Å². The fourth-order valence-corrected chi connectivity index (χ4v) is 2.70. The molecule has 5 heteroatoms. The first kappa shape index (κ1) is 16.5. The largest absolute Gasteiger partial charge is 0.488 e. The topological polar surface area (TPSA) is 74.4 Å². The van der Waals surface area contributed by atoms with Gasteiger partial charge in [0.25, 0.3) is 0 Å². The zero-order valence-corrected chi connectivity index (χ0v) is 13.8. The number of nitrogens with zero attached hydrogens (tertiary/aromatic N) is 2. The third kappa shape index (κ3) is 3.45. The monoisotopic (exact) mass is 334 g/mol. The van der Waals surface area contributed by atoms with Crippen molar-refractivity contribution < 1.29 is 15.2 Å². The smallest absolute Gasteiger partial charge is 0.138 e. The first-order valence-corrected chi connectivity index (χ1v) is 7.84. The van der Waals surface area contributed by atoms with Crippen LogP contribution in [0.3, 0.4) is 0 Å². The number of fused-ring (bicyclic) bond motifs is 1. The molecular formula is C20H18N2O3. The SMILES string of the molecule is CC(=N\O)/C(=N\O)c1c(OCc2ccccc2)ccc2ccccc12. The summed E-state index contributed by atoms with van der Waals surface area (Å²) in [5.74, 6) is 0.554. The van der Waals surface area contributed by atoms with Crippen LogP contribution in [0.4, 0.5) is 0 Å². The molecule has 0 fully saturated rings. The van der Waals surface area contributed by atoms with E-state index in [4.69, 9.17) is 9.94 Å². The van der Waals surface area contributed by atoms with Crippen molar-refractivity contribution in [3.63, 3.8) is 0 Å². The first-order valence-electron chi connectivity index (χ1n) is 7.84. The summed E-state index contributed by atoms with van der Waals surface area (Å²) >= 11 is 0. The lowest BCUT2D eigenvalue weighted by atomic mass is 9.97. The molecule has 0 aromatic heterocycles. The van der Waals surface area contributed by atoms with Gasteiger partial charge in [0.1, 0.15) is 23.8 Å². The molecule has 2 N–H and O–H groups in total. The van der Waals surface area contributed by atoms with E-state index < -0.39 is 0 Å². The van der Waals surface area contributed by atoms with E-state index in [0.29, 0.717) is 17.9 Å². The highest BCUT2D eigenvalue weighted by molar-refractivity contribution is 6.49. The van der Waals surface area contributed by atoms with Crippen molar-refractivity contribution in [1.82, 2.24) is 0 Å². The van der Waals surface area contributed by atoms with E-state index in [1.54, 1.807) is 6.92 Å². The average molecular weight is 334 g/mol. The van der Waals surface area contributed by atoms with Crippen LogP contribution in [0.2, 0.25) is 0 Å². The lowest BCUT2D eigenvalue weighted by Gasteiger charge is -2.15. The molecule has 0 bridgehead atoms. The van der Waals surface area contributed by atoms with Crippen LogP contribution in [0.25, 0.3) is 10.8 Å². The molecule has 0 aliphatic heterocycles. The van der Waals surface area contributed by atoms with E-state index in [-0.39, 0.29) is 11.4 Å². The molecule has 126 valence electrons. The summed E-state index contributed by atoms with van der Waals surface area (Å²) < 4.78 is 5.98. The Morgan fingerprint density at radius 3 is 2.32 bits per heavy atom. The fourth-order valence-electron chi connectivity index (χ4n) is 2.70. The van der Waals surface area contributed by atoms with Gasteiger partial charge in [-0.05, 0) is 29.3 Å². The van der Waals surface area contributed by atoms with Crippen molar-refractivity contribution >= 4 is 22.2 Å². The summed E-state index contributed by atoms with van der Waals surface area (Å²) in [5.41, 5.74) is 1.98. The summed E-state index contributed by atoms with van der Waals surface area (Å²) in [5, 5.41) is 26.9. The molecule has 0 atom stereocenters. The van der Waals surface area contributed by atoms with Gasteiger partial charge in [0.15, 0.2) is 0 Å². The molecule has 0 saturated carbocycles. The van der Waals surface area contributed by atoms with Crippen LogP contribution in [0.1, 0.15) is 18.1 Å². The van der Waals surface area contributed by atoms with Crippen molar-refractivity contribution in [2.45, 2.75) is 13.5 Å². The van der Waals surface area contributed by atoms with Crippen LogP contribution in [-0.4, -0.2) is 21.8 Å². The lowest BCUT2D eigenvalue weighted by Crippen LogP contribution is -2.15. The fraction of sp³-hybridized carbons (Fsp3) is 0.100. The van der Waals surface area contributed by atoms with Gasteiger partial charge >= 0.3 is 0 Å². The second-order valence-electron chi connectivity index (χ2n) is 5.57. The second-order valence-corrected chi connectivity index (χ2v) is 5.57. The van der Waals surface area contributed by atoms with Crippen LogP contribution in [0.15, 0.2) is 77.0 Å². The Bertz CT molecular complexity index is 934. The quantitative estimate of drug-likeness (QED) is 0.411. The number of oxime groups is 2. The van der Waals surface area contributed by atoms with E-state index in [2.05, 4.69) is 10.3 Å². The van der Waals surface area contributed by atoms with Gasteiger partial charge in [-0.2, -0.15) is 0 Å². The van der Waals surface area contributed by atoms with Gasteiger partial charge in [0.2, 0.25) is 0 Å². The maximum Gasteiger partial charge on any atom is 0.138 e. The van der Waals surface area contributed by atoms with Gasteiger partial charge < -0.3 is 15.2 Å². The zero-order valence-electron chi connectivity index (χ0n) is 13.8. The molecule has 0 unspecified atom stereocenters. The Morgan fingerprint density at radius 1 is 0.880 bits per heavy atom. The Kier molecular flexibility index (Phi) is 4.95. The summed E-state index contributed by atoms with van der Waals surface area (Å²) in [7, 11) is 0. The van der Waals surface area contributed by atoms with Crippen molar-refractivity contribution in [2.75, 3.05) is 0 Å². The molecule has 0 aliphatic rings. The predicted molar refractivity (Wildman–Crippen MR) is 97.9 cm³/mol. The highest BCUT2D eigenvalue weighted by Crippen LogP contribution is 2.30. The summed E-state index contributed by atoms with van der Waals surface area (Å²) in [6.45, 7) is 1.94. The standard InChI is InChI=1S/C20H18N2O3/c1-14(21-23)20(22-24)19-17-10-6-5-9-16(17)11-12-18(19)25-13-15-7-3-2-4-8-15/h2-12,23-24H,13H2,1H3/b21-14+,22-20+. The van der Waals surface area contributed by atoms with Crippen LogP contribution in [0.5, 0.6) is 5.75 Å². The normalized spacial score (nSPS) is 12.4. The molecule has 0 radical (unpaired) electrons. The molecule has 0 spiro atoms. The van der Waals surface area contributed by atoms with E-state index >= 15 is 0 Å². The van der Waals surface area contributed by atoms with Crippen molar-refractivity contribution in [1.29, 1.82) is 0 Å². The second kappa shape index (κ2) is 7.49. The third-order valence-electron chi connectivity index (χ3n) is 3.96. The summed E-state index contributed by atoms with van der Waals surface area (Å²) in [4.78, 5) is 0. The van der Waals surface area contributed by atoms with Crippen LogP contribution in [0, 0.1) is 0 Å². The number of hydrogen-bond acceptors (Lipinski definition) is 5. The highest BCUT2D eigenvalue weighted by atomic mass is 16.5. The number of benzene rings is 3. The Hall–Kier alpha value is -3.34. The van der Waals surface area contributed by atoms with Crippen LogP contribution < -0.4 is 4.74 Å². The molecule has 0 heterocycles. The number of ether oxygens (including phenoxy) is 1. The number of hydrogen-bond donors (Lipinski definition) is 2. The average Bonchev–Trinajstić information content (AvgIpc) is 2.68. The minimum Gasteiger partial charge on any atom is -0.488 e. The third-order valence-corrected chi connectivity index (χ3v) is 3.96. The summed E-state index contributed by atoms with van der Waals surface area (Å²) in [6, 6.07) is 21.3. The molecule has 0 saturated heterocycles. The molecule has 0 amide bonds. The molecule has 25 heavy (non-hydrogen) atoms. The predicted octanol–water partition coefficient (Wildman–Crippen LogP) is 4.45. The molecule has 5 nitrogen and oxygen atoms in total. The van der Waals surface area contributed by atoms with Crippen LogP contribution in [-0.2, 0) is 6.61 Å². The van der Waals surface area contributed by atoms with Gasteiger partial charge in [-0.3, -0.25) is 0 Å². The van der Waals surface area contributed by atoms with Gasteiger partial charge in [-0.15, -0.1) is 0 Å². The molecular weight excluding hydrogens is 316 g/mol. The number of rotatable bonds is 5. The zero-order chi connectivity index (χ0) is 17.6. The minimum absolute atomic E-state index is 0.169. The lowest BCUT2D eigenvalue weighted by molar-refractivity contribution is 0.303. The van der Waals surface area contributed by atoms with Gasteiger partial charge in [0.05, 0.1) is 5.56 Å². The van der Waals surface area contributed by atoms with E-state index in [9.17, 15) is 5.21 Å². The van der Waals surface area contributed by atoms with Crippen molar-refractivity contribution in [3.8, 4) is 5.75 Å². The Labute approximate surface area is 145 Å². The molecule has 3 aromatic carbocycles. The van der Waals surface area contributed by atoms with Crippen molar-refractivity contribution in [2.24, 2.45) is 10.3 Å². The molecule has 3 rings (SSSR count). The van der Waals surface area contributed by atoms with Crippen LogP contribution >= 0.6 is 0 Å². The van der Waals surface area contributed by atoms with E-state index in [1.165, 1.54) is 0 Å². The molecule has 0 aliphatic carbocycles. The first-order chi connectivity index (χ1) is 12.2. The van der Waals surface area contributed by atoms with Gasteiger partial charge in [-0.1, -0.05) is 71.0 Å². The minimum atomic E-state index is 0.169. The van der Waals surface area contributed by atoms with Gasteiger partial charge in [-0.25, -0.2) is 0 Å². The van der Waals surface area contributed by atoms with E-state index in [0.717, 1.165) is 16.3 Å². The van der Waals surface area contributed by atoms with E-state index in [1.807, 2.05) is 66.7 Å². The maximum atomic E-state index is 9.49. The molecule has 3 aromatic rings. The Balaban J connectivity index is 2.10. The Morgan fingerprint density at radius 2 is 1.60 bits per heavy atom. The maximum absolute atomic E-state index is 9.49.